The molecule has 0 heterocycles. The molecule has 82 valence electrons. The summed E-state index contributed by atoms with van der Waals surface area (Å²) in [4.78, 5) is 20.1. The van der Waals surface area contributed by atoms with Crippen LogP contribution >= 0.6 is 0 Å². The number of carbonyl (C=O) groups excluding carboxylic acids is 1. The molecule has 0 aliphatic heterocycles. The zero-order valence-corrected chi connectivity index (χ0v) is 7.73. The van der Waals surface area contributed by atoms with Crippen molar-refractivity contribution >= 4 is 22.8 Å². The van der Waals surface area contributed by atoms with E-state index in [4.69, 9.17) is 9.66 Å². The molecule has 14 heavy (non-hydrogen) atoms. The molecule has 1 amide bonds. The van der Waals surface area contributed by atoms with Crippen molar-refractivity contribution < 1.29 is 31.8 Å². The molecule has 0 radical (unpaired) electrons. The highest BCUT2D eigenvalue weighted by molar-refractivity contribution is 7.80. The van der Waals surface area contributed by atoms with Crippen LogP contribution in [0.15, 0.2) is 0 Å². The molecular weight excluding hydrogens is 218 g/mol. The summed E-state index contributed by atoms with van der Waals surface area (Å²) in [7, 11) is -4.80. The molecule has 1 atom stereocenters. The molecule has 0 fully saturated rings. The van der Waals surface area contributed by atoms with E-state index in [1.54, 1.807) is 0 Å². The standard InChI is InChI=1S/C5H9NO7S/c7-3-6-2-1-4(5(8)9)13-14(10,11)12/h3-4H,1-2H2,(H,6,7)(H,8,9)(H,10,11,12)/t4-/m1/s1. The SMILES string of the molecule is O=CNCC[C@@H](OS(=O)(=O)O)C(=O)O. The van der Waals surface area contributed by atoms with E-state index in [0.29, 0.717) is 6.41 Å². The Bertz CT molecular complexity index is 297. The van der Waals surface area contributed by atoms with Gasteiger partial charge in [0.05, 0.1) is 0 Å². The Morgan fingerprint density at radius 2 is 2.14 bits per heavy atom. The number of amides is 1. The largest absolute Gasteiger partial charge is 0.479 e. The number of carboxylic acid groups (broad SMARTS) is 1. The van der Waals surface area contributed by atoms with Crippen LogP contribution in [-0.4, -0.2) is 43.1 Å². The van der Waals surface area contributed by atoms with Gasteiger partial charge in [0.25, 0.3) is 0 Å². The summed E-state index contributed by atoms with van der Waals surface area (Å²) in [5.41, 5.74) is 0. The number of nitrogens with one attached hydrogen (secondary N) is 1. The molecule has 0 aromatic rings. The minimum atomic E-state index is -4.80. The first-order valence-corrected chi connectivity index (χ1v) is 4.79. The molecule has 8 nitrogen and oxygen atoms in total. The maximum Gasteiger partial charge on any atom is 0.398 e. The van der Waals surface area contributed by atoms with E-state index in [2.05, 4.69) is 9.50 Å². The maximum absolute atomic E-state index is 10.4. The Hall–Kier alpha value is -1.19. The number of carboxylic acids is 1. The number of aliphatic carboxylic acids is 1. The number of hydrogen-bond donors (Lipinski definition) is 3. The van der Waals surface area contributed by atoms with Gasteiger partial charge in [-0.2, -0.15) is 8.42 Å². The Balaban J connectivity index is 4.17. The molecule has 0 bridgehead atoms. The van der Waals surface area contributed by atoms with E-state index < -0.39 is 22.5 Å². The summed E-state index contributed by atoms with van der Waals surface area (Å²) >= 11 is 0. The lowest BCUT2D eigenvalue weighted by Crippen LogP contribution is -2.30. The number of carbonyl (C=O) groups is 2. The Morgan fingerprint density at radius 3 is 2.50 bits per heavy atom. The quantitative estimate of drug-likeness (QED) is 0.271. The first-order valence-electron chi connectivity index (χ1n) is 3.42. The summed E-state index contributed by atoms with van der Waals surface area (Å²) in [5, 5.41) is 10.5. The van der Waals surface area contributed by atoms with E-state index in [1.807, 2.05) is 0 Å². The van der Waals surface area contributed by atoms with Gasteiger partial charge in [0.2, 0.25) is 6.41 Å². The monoisotopic (exact) mass is 227 g/mol. The van der Waals surface area contributed by atoms with Gasteiger partial charge < -0.3 is 10.4 Å². The molecule has 9 heteroatoms. The molecule has 0 rings (SSSR count). The second kappa shape index (κ2) is 5.52. The lowest BCUT2D eigenvalue weighted by Gasteiger charge is -2.09. The highest BCUT2D eigenvalue weighted by atomic mass is 32.3. The van der Waals surface area contributed by atoms with Crippen molar-refractivity contribution in [2.75, 3.05) is 6.54 Å². The number of rotatable bonds is 7. The van der Waals surface area contributed by atoms with Crippen LogP contribution in [0.1, 0.15) is 6.42 Å². The van der Waals surface area contributed by atoms with Crippen LogP contribution in [0.2, 0.25) is 0 Å². The van der Waals surface area contributed by atoms with Crippen molar-refractivity contribution in [2.24, 2.45) is 0 Å². The van der Waals surface area contributed by atoms with Crippen LogP contribution in [-0.2, 0) is 24.2 Å². The van der Waals surface area contributed by atoms with Crippen LogP contribution in [0.3, 0.4) is 0 Å². The van der Waals surface area contributed by atoms with Gasteiger partial charge in [0.15, 0.2) is 6.10 Å². The molecule has 0 unspecified atom stereocenters. The van der Waals surface area contributed by atoms with Gasteiger partial charge in [-0.3, -0.25) is 9.35 Å². The molecule has 0 spiro atoms. The van der Waals surface area contributed by atoms with Crippen LogP contribution in [0.25, 0.3) is 0 Å². The summed E-state index contributed by atoms with van der Waals surface area (Å²) in [6.45, 7) is -0.0734. The summed E-state index contributed by atoms with van der Waals surface area (Å²) < 4.78 is 32.3. The third-order valence-corrected chi connectivity index (χ3v) is 1.62. The molecule has 0 aromatic heterocycles. The lowest BCUT2D eigenvalue weighted by molar-refractivity contribution is -0.145. The molecule has 0 aromatic carbocycles. The maximum atomic E-state index is 10.4. The zero-order valence-electron chi connectivity index (χ0n) is 6.91. The predicted molar refractivity (Wildman–Crippen MR) is 42.7 cm³/mol. The van der Waals surface area contributed by atoms with Crippen LogP contribution in [0.5, 0.6) is 0 Å². The fourth-order valence-electron chi connectivity index (χ4n) is 0.633. The average Bonchev–Trinajstić information content (AvgIpc) is 2.00. The molecule has 0 aliphatic carbocycles. The van der Waals surface area contributed by atoms with Gasteiger partial charge in [0, 0.05) is 13.0 Å². The summed E-state index contributed by atoms with van der Waals surface area (Å²) in [6, 6.07) is 0. The van der Waals surface area contributed by atoms with Gasteiger partial charge in [-0.1, -0.05) is 0 Å². The molecule has 0 saturated carbocycles. The number of hydrogen-bond acceptors (Lipinski definition) is 5. The zero-order chi connectivity index (χ0) is 11.2. The van der Waals surface area contributed by atoms with Crippen molar-refractivity contribution in [1.29, 1.82) is 0 Å². The highest BCUT2D eigenvalue weighted by Crippen LogP contribution is 2.02. The molecule has 0 saturated heterocycles. The second-order valence-electron chi connectivity index (χ2n) is 2.21. The van der Waals surface area contributed by atoms with Crippen molar-refractivity contribution in [3.63, 3.8) is 0 Å². The topological polar surface area (TPSA) is 130 Å². The predicted octanol–water partition coefficient (Wildman–Crippen LogP) is -1.60. The Kier molecular flexibility index (Phi) is 5.05. The smallest absolute Gasteiger partial charge is 0.398 e. The molecule has 0 aliphatic rings. The van der Waals surface area contributed by atoms with Crippen molar-refractivity contribution in [3.8, 4) is 0 Å². The first kappa shape index (κ1) is 12.8. The fraction of sp³-hybridized carbons (Fsp3) is 0.600. The average molecular weight is 227 g/mol. The van der Waals surface area contributed by atoms with Crippen molar-refractivity contribution in [2.45, 2.75) is 12.5 Å². The van der Waals surface area contributed by atoms with Gasteiger partial charge >= 0.3 is 16.4 Å². The van der Waals surface area contributed by atoms with Gasteiger partial charge in [-0.25, -0.2) is 8.98 Å². The van der Waals surface area contributed by atoms with Crippen molar-refractivity contribution in [3.05, 3.63) is 0 Å². The van der Waals surface area contributed by atoms with Crippen LogP contribution < -0.4 is 5.32 Å². The third kappa shape index (κ3) is 6.34. The summed E-state index contributed by atoms with van der Waals surface area (Å²) in [6.07, 6.45) is -1.65. The van der Waals surface area contributed by atoms with Crippen LogP contribution in [0.4, 0.5) is 0 Å². The van der Waals surface area contributed by atoms with E-state index in [1.165, 1.54) is 0 Å². The third-order valence-electron chi connectivity index (χ3n) is 1.15. The summed E-state index contributed by atoms with van der Waals surface area (Å²) in [5.74, 6) is -1.55. The normalized spacial score (nSPS) is 13.2. The molecular formula is C5H9NO7S. The molecule has 3 N–H and O–H groups in total. The Morgan fingerprint density at radius 1 is 1.57 bits per heavy atom. The minimum absolute atomic E-state index is 0.0734. The lowest BCUT2D eigenvalue weighted by atomic mass is 10.2. The second-order valence-corrected chi connectivity index (χ2v) is 3.26. The van der Waals surface area contributed by atoms with Gasteiger partial charge in [-0.15, -0.1) is 0 Å². The van der Waals surface area contributed by atoms with Crippen LogP contribution in [0, 0.1) is 0 Å². The first-order chi connectivity index (χ1) is 6.37. The fourth-order valence-corrected chi connectivity index (χ4v) is 1.10. The van der Waals surface area contributed by atoms with Gasteiger partial charge in [0.1, 0.15) is 0 Å². The van der Waals surface area contributed by atoms with E-state index in [9.17, 15) is 18.0 Å². The van der Waals surface area contributed by atoms with Crippen molar-refractivity contribution in [1.82, 2.24) is 5.32 Å². The van der Waals surface area contributed by atoms with E-state index in [-0.39, 0.29) is 13.0 Å². The van der Waals surface area contributed by atoms with Gasteiger partial charge in [-0.05, 0) is 0 Å². The minimum Gasteiger partial charge on any atom is -0.479 e. The Labute approximate surface area is 79.8 Å². The van der Waals surface area contributed by atoms with E-state index >= 15 is 0 Å². The van der Waals surface area contributed by atoms with E-state index in [0.717, 1.165) is 0 Å². The highest BCUT2D eigenvalue weighted by Gasteiger charge is 2.23.